The lowest BCUT2D eigenvalue weighted by Crippen LogP contribution is -2.35. The molecular weight excluding hydrogens is 382 g/mol. The van der Waals surface area contributed by atoms with Gasteiger partial charge in [-0.2, -0.15) is 0 Å². The van der Waals surface area contributed by atoms with E-state index in [0.29, 0.717) is 23.9 Å². The van der Waals surface area contributed by atoms with Crippen LogP contribution in [0, 0.1) is 12.8 Å². The molecule has 1 fully saturated rings. The largest absolute Gasteiger partial charge is 0.497 e. The van der Waals surface area contributed by atoms with Gasteiger partial charge < -0.3 is 14.6 Å². The monoisotopic (exact) mass is 405 g/mol. The Balaban J connectivity index is 1.79. The Kier molecular flexibility index (Phi) is 5.73. The normalized spacial score (nSPS) is 13.8. The highest BCUT2D eigenvalue weighted by Gasteiger charge is 2.22. The highest BCUT2D eigenvalue weighted by Crippen LogP contribution is 2.27. The summed E-state index contributed by atoms with van der Waals surface area (Å²) in [6, 6.07) is 8.82. The Labute approximate surface area is 163 Å². The van der Waals surface area contributed by atoms with Crippen molar-refractivity contribution in [3.8, 4) is 5.75 Å². The number of sulfonamides is 1. The molecule has 0 unspecified atom stereocenters. The highest BCUT2D eigenvalue weighted by atomic mass is 32.2. The summed E-state index contributed by atoms with van der Waals surface area (Å²) in [7, 11) is -2.47. The van der Waals surface area contributed by atoms with Crippen LogP contribution in [0.25, 0.3) is 0 Å². The molecule has 1 aliphatic rings. The predicted molar refractivity (Wildman–Crippen MR) is 105 cm³/mol. The number of ether oxygens (including phenoxy) is 1. The van der Waals surface area contributed by atoms with Crippen LogP contribution < -0.4 is 20.3 Å². The van der Waals surface area contributed by atoms with Crippen LogP contribution in [0.15, 0.2) is 46.1 Å². The summed E-state index contributed by atoms with van der Waals surface area (Å²) >= 11 is 0. The molecule has 0 aliphatic heterocycles. The van der Waals surface area contributed by atoms with E-state index in [-0.39, 0.29) is 23.0 Å². The van der Waals surface area contributed by atoms with Gasteiger partial charge in [0.05, 0.1) is 12.0 Å². The summed E-state index contributed by atoms with van der Waals surface area (Å²) < 4.78 is 33.7. The molecule has 0 bridgehead atoms. The average Bonchev–Trinajstić information content (AvgIpc) is 3.50. The van der Waals surface area contributed by atoms with Gasteiger partial charge in [0.15, 0.2) is 0 Å². The highest BCUT2D eigenvalue weighted by molar-refractivity contribution is 7.92. The van der Waals surface area contributed by atoms with Crippen LogP contribution in [0.4, 0.5) is 5.69 Å². The second kappa shape index (κ2) is 8.05. The SMILES string of the molecule is COc1ccc(S(=O)(=O)Nc2ccc(C)n(CC(=O)NCC3CC3)c2=O)cc1. The molecule has 1 heterocycles. The predicted octanol–water partition coefficient (Wildman–Crippen LogP) is 1.49. The van der Waals surface area contributed by atoms with Gasteiger partial charge in [0.2, 0.25) is 5.91 Å². The summed E-state index contributed by atoms with van der Waals surface area (Å²) in [4.78, 5) is 24.8. The molecule has 2 aromatic rings. The number of hydrogen-bond donors (Lipinski definition) is 2. The number of methoxy groups -OCH3 is 1. The molecular formula is C19H23N3O5S. The maximum Gasteiger partial charge on any atom is 0.275 e. The number of carbonyl (C=O) groups excluding carboxylic acids is 1. The number of carbonyl (C=O) groups is 1. The molecule has 1 aromatic heterocycles. The Morgan fingerprint density at radius 3 is 2.46 bits per heavy atom. The van der Waals surface area contributed by atoms with E-state index in [1.807, 2.05) is 0 Å². The molecule has 28 heavy (non-hydrogen) atoms. The first-order valence-electron chi connectivity index (χ1n) is 8.94. The van der Waals surface area contributed by atoms with Crippen molar-refractivity contribution in [2.45, 2.75) is 31.2 Å². The molecule has 1 amide bonds. The number of benzene rings is 1. The second-order valence-corrected chi connectivity index (χ2v) is 8.49. The van der Waals surface area contributed by atoms with Crippen LogP contribution in [-0.2, 0) is 21.4 Å². The van der Waals surface area contributed by atoms with E-state index in [2.05, 4.69) is 10.0 Å². The van der Waals surface area contributed by atoms with Gasteiger partial charge in [-0.1, -0.05) is 0 Å². The van der Waals surface area contributed by atoms with Crippen LogP contribution in [-0.4, -0.2) is 32.5 Å². The first-order chi connectivity index (χ1) is 13.3. The number of nitrogens with zero attached hydrogens (tertiary/aromatic N) is 1. The lowest BCUT2D eigenvalue weighted by atomic mass is 10.3. The standard InChI is InChI=1S/C19H23N3O5S/c1-13-3-10-17(19(24)22(13)12-18(23)20-11-14-4-5-14)21-28(25,26)16-8-6-15(27-2)7-9-16/h3,6-10,14,21H,4-5,11-12H2,1-2H3,(H,20,23). The van der Waals surface area contributed by atoms with Crippen molar-refractivity contribution in [3.05, 3.63) is 52.4 Å². The minimum atomic E-state index is -3.95. The Morgan fingerprint density at radius 2 is 1.86 bits per heavy atom. The van der Waals surface area contributed by atoms with Crippen LogP contribution in [0.2, 0.25) is 0 Å². The van der Waals surface area contributed by atoms with E-state index in [1.54, 1.807) is 13.0 Å². The topological polar surface area (TPSA) is 106 Å². The number of amides is 1. The van der Waals surface area contributed by atoms with Gasteiger partial charge in [0, 0.05) is 12.2 Å². The van der Waals surface area contributed by atoms with Crippen LogP contribution in [0.3, 0.4) is 0 Å². The fourth-order valence-electron chi connectivity index (χ4n) is 2.68. The van der Waals surface area contributed by atoms with Crippen molar-refractivity contribution in [3.63, 3.8) is 0 Å². The quantitative estimate of drug-likeness (QED) is 0.692. The minimum Gasteiger partial charge on any atom is -0.497 e. The third-order valence-corrected chi connectivity index (χ3v) is 5.97. The molecule has 0 atom stereocenters. The zero-order valence-corrected chi connectivity index (χ0v) is 16.6. The number of rotatable bonds is 8. The van der Waals surface area contributed by atoms with Crippen molar-refractivity contribution >= 4 is 21.6 Å². The summed E-state index contributed by atoms with van der Waals surface area (Å²) in [6.45, 7) is 2.14. The Bertz CT molecular complexity index is 1020. The third kappa shape index (κ3) is 4.72. The maximum absolute atomic E-state index is 12.7. The van der Waals surface area contributed by atoms with Crippen molar-refractivity contribution in [2.75, 3.05) is 18.4 Å². The summed E-state index contributed by atoms with van der Waals surface area (Å²) in [6.07, 6.45) is 2.23. The van der Waals surface area contributed by atoms with Gasteiger partial charge in [-0.05, 0) is 62.1 Å². The molecule has 8 nitrogen and oxygen atoms in total. The second-order valence-electron chi connectivity index (χ2n) is 6.81. The van der Waals surface area contributed by atoms with E-state index >= 15 is 0 Å². The fourth-order valence-corrected chi connectivity index (χ4v) is 3.74. The number of aryl methyl sites for hydroxylation is 1. The van der Waals surface area contributed by atoms with Crippen LogP contribution in [0.5, 0.6) is 5.75 Å². The Morgan fingerprint density at radius 1 is 1.18 bits per heavy atom. The van der Waals surface area contributed by atoms with E-state index in [1.165, 1.54) is 42.0 Å². The molecule has 150 valence electrons. The molecule has 1 saturated carbocycles. The molecule has 0 radical (unpaired) electrons. The number of anilines is 1. The third-order valence-electron chi connectivity index (χ3n) is 4.59. The number of hydrogen-bond acceptors (Lipinski definition) is 5. The lowest BCUT2D eigenvalue weighted by molar-refractivity contribution is -0.121. The van der Waals surface area contributed by atoms with Gasteiger partial charge >= 0.3 is 0 Å². The van der Waals surface area contributed by atoms with E-state index < -0.39 is 15.6 Å². The van der Waals surface area contributed by atoms with Gasteiger partial charge in [0.1, 0.15) is 18.0 Å². The van der Waals surface area contributed by atoms with Gasteiger partial charge in [-0.3, -0.25) is 14.3 Å². The maximum atomic E-state index is 12.7. The average molecular weight is 405 g/mol. The molecule has 0 saturated heterocycles. The van der Waals surface area contributed by atoms with Crippen molar-refractivity contribution < 1.29 is 17.9 Å². The summed E-state index contributed by atoms with van der Waals surface area (Å²) in [5, 5.41) is 2.80. The first kappa shape index (κ1) is 19.9. The number of pyridine rings is 1. The zero-order chi connectivity index (χ0) is 20.3. The van der Waals surface area contributed by atoms with E-state index in [9.17, 15) is 18.0 Å². The van der Waals surface area contributed by atoms with Crippen molar-refractivity contribution in [2.24, 2.45) is 5.92 Å². The number of aromatic nitrogens is 1. The molecule has 0 spiro atoms. The van der Waals surface area contributed by atoms with Gasteiger partial charge in [-0.15, -0.1) is 0 Å². The lowest BCUT2D eigenvalue weighted by Gasteiger charge is -2.13. The molecule has 9 heteroatoms. The summed E-state index contributed by atoms with van der Waals surface area (Å²) in [5.41, 5.74) is -0.117. The minimum absolute atomic E-state index is 0.00185. The van der Waals surface area contributed by atoms with E-state index in [4.69, 9.17) is 4.74 Å². The fraction of sp³-hybridized carbons (Fsp3) is 0.368. The first-order valence-corrected chi connectivity index (χ1v) is 10.4. The van der Waals surface area contributed by atoms with Crippen LogP contribution >= 0.6 is 0 Å². The van der Waals surface area contributed by atoms with Gasteiger partial charge in [0.25, 0.3) is 15.6 Å². The smallest absolute Gasteiger partial charge is 0.275 e. The van der Waals surface area contributed by atoms with Gasteiger partial charge in [-0.25, -0.2) is 8.42 Å². The number of nitrogens with one attached hydrogen (secondary N) is 2. The Hall–Kier alpha value is -2.81. The van der Waals surface area contributed by atoms with E-state index in [0.717, 1.165) is 12.8 Å². The molecule has 3 rings (SSSR count). The van der Waals surface area contributed by atoms with Crippen molar-refractivity contribution in [1.29, 1.82) is 0 Å². The van der Waals surface area contributed by atoms with Crippen LogP contribution in [0.1, 0.15) is 18.5 Å². The van der Waals surface area contributed by atoms with Crippen molar-refractivity contribution in [1.82, 2.24) is 9.88 Å². The zero-order valence-electron chi connectivity index (χ0n) is 15.8. The molecule has 1 aliphatic carbocycles. The molecule has 2 N–H and O–H groups in total. The molecule has 1 aromatic carbocycles. The summed E-state index contributed by atoms with van der Waals surface area (Å²) in [5.74, 6) is 0.783.